The Morgan fingerprint density at radius 1 is 1.09 bits per heavy atom. The van der Waals surface area contributed by atoms with Crippen LogP contribution >= 0.6 is 0 Å². The zero-order chi connectivity index (χ0) is 25.1. The molecule has 3 amide bonds. The highest BCUT2D eigenvalue weighted by molar-refractivity contribution is 6.06. The first kappa shape index (κ1) is 25.0. The normalized spacial score (nSPS) is 22.2. The molecule has 0 radical (unpaired) electrons. The summed E-state index contributed by atoms with van der Waals surface area (Å²) in [4.78, 5) is 65.4. The van der Waals surface area contributed by atoms with Crippen molar-refractivity contribution in [3.05, 3.63) is 29.1 Å². The van der Waals surface area contributed by atoms with E-state index in [0.717, 1.165) is 38.5 Å². The molecule has 3 fully saturated rings. The number of piperidine rings is 3. The molecule has 3 heterocycles. The van der Waals surface area contributed by atoms with Gasteiger partial charge in [-0.3, -0.25) is 29.3 Å². The minimum Gasteiger partial charge on any atom is -0.369 e. The molecule has 0 aromatic heterocycles. The van der Waals surface area contributed by atoms with Gasteiger partial charge in [0.1, 0.15) is 17.6 Å². The van der Waals surface area contributed by atoms with E-state index in [2.05, 4.69) is 10.2 Å². The number of Topliss-reactive ketones (excluding diaryl/α,β-unsaturated/α-hetero) is 1. The fourth-order valence-electron chi connectivity index (χ4n) is 5.19. The molecule has 10 heteroatoms. The summed E-state index contributed by atoms with van der Waals surface area (Å²) in [5, 5.41) is 2.22. The smallest absolute Gasteiger partial charge is 0.255 e. The van der Waals surface area contributed by atoms with Crippen molar-refractivity contribution in [3.63, 3.8) is 0 Å². The van der Waals surface area contributed by atoms with E-state index < -0.39 is 23.7 Å². The molecule has 35 heavy (non-hydrogen) atoms. The molecule has 1 atom stereocenters. The second-order valence-corrected chi connectivity index (χ2v) is 9.66. The second kappa shape index (κ2) is 10.6. The van der Waals surface area contributed by atoms with E-state index in [1.807, 2.05) is 4.90 Å². The van der Waals surface area contributed by atoms with Crippen LogP contribution in [0.2, 0.25) is 0 Å². The highest BCUT2D eigenvalue weighted by Gasteiger charge is 2.34. The molecule has 3 aliphatic rings. The van der Waals surface area contributed by atoms with Crippen LogP contribution in [-0.2, 0) is 14.4 Å². The van der Waals surface area contributed by atoms with Crippen molar-refractivity contribution >= 4 is 35.5 Å². The molecule has 3 saturated heterocycles. The van der Waals surface area contributed by atoms with Crippen LogP contribution in [-0.4, -0.2) is 85.4 Å². The zero-order valence-electron chi connectivity index (χ0n) is 19.9. The SMILES string of the molecule is CN(C(=O)c1cc(N2CCC(CN3CCC(=O)CC3)CC2)c(F)cc1C=O)C1CCC(=O)NC1=O. The molecule has 0 saturated carbocycles. The van der Waals surface area contributed by atoms with Crippen molar-refractivity contribution in [1.82, 2.24) is 15.1 Å². The van der Waals surface area contributed by atoms with Crippen molar-refractivity contribution in [2.75, 3.05) is 44.7 Å². The van der Waals surface area contributed by atoms with E-state index in [-0.39, 0.29) is 35.6 Å². The third-order valence-electron chi connectivity index (χ3n) is 7.36. The van der Waals surface area contributed by atoms with E-state index in [1.54, 1.807) is 0 Å². The number of aldehydes is 1. The lowest BCUT2D eigenvalue weighted by Gasteiger charge is -2.37. The number of carbonyl (C=O) groups is 5. The number of rotatable bonds is 6. The lowest BCUT2D eigenvalue weighted by molar-refractivity contribution is -0.136. The maximum Gasteiger partial charge on any atom is 0.255 e. The number of amides is 3. The van der Waals surface area contributed by atoms with Gasteiger partial charge < -0.3 is 14.7 Å². The van der Waals surface area contributed by atoms with Crippen molar-refractivity contribution in [2.24, 2.45) is 5.92 Å². The third-order valence-corrected chi connectivity index (χ3v) is 7.36. The molecule has 4 rings (SSSR count). The number of carbonyl (C=O) groups excluding carboxylic acids is 5. The van der Waals surface area contributed by atoms with Gasteiger partial charge >= 0.3 is 0 Å². The Balaban J connectivity index is 1.45. The average Bonchev–Trinajstić information content (AvgIpc) is 2.85. The standard InChI is InChI=1S/C25H31FN4O5/c1-28(21-2-3-23(33)27-24(21)34)25(35)19-13-22(20(26)12-17(19)15-31)30-10-4-16(5-11-30)14-29-8-6-18(32)7-9-29/h12-13,15-16,21H,2-11,14H2,1H3,(H,27,33,34). The number of imide groups is 1. The van der Waals surface area contributed by atoms with E-state index in [1.165, 1.54) is 18.0 Å². The lowest BCUT2D eigenvalue weighted by atomic mass is 9.94. The number of nitrogens with zero attached hydrogens (tertiary/aromatic N) is 3. The predicted molar refractivity (Wildman–Crippen MR) is 126 cm³/mol. The Hall–Kier alpha value is -3.14. The number of hydrogen-bond acceptors (Lipinski definition) is 7. The molecule has 0 spiro atoms. The summed E-state index contributed by atoms with van der Waals surface area (Å²) >= 11 is 0. The van der Waals surface area contributed by atoms with Gasteiger partial charge in [0.25, 0.3) is 5.91 Å². The molecule has 1 N–H and O–H groups in total. The Bertz CT molecular complexity index is 1030. The number of likely N-dealkylation sites (N-methyl/N-ethyl adjacent to an activating group) is 1. The number of nitrogens with one attached hydrogen (secondary N) is 1. The summed E-state index contributed by atoms with van der Waals surface area (Å²) in [6.45, 7) is 3.75. The molecular weight excluding hydrogens is 455 g/mol. The molecule has 1 aromatic rings. The number of anilines is 1. The molecule has 1 unspecified atom stereocenters. The summed E-state index contributed by atoms with van der Waals surface area (Å²) in [7, 11) is 1.44. The summed E-state index contributed by atoms with van der Waals surface area (Å²) in [6.07, 6.45) is 3.68. The summed E-state index contributed by atoms with van der Waals surface area (Å²) in [6, 6.07) is 1.64. The molecule has 0 aliphatic carbocycles. The van der Waals surface area contributed by atoms with Crippen LogP contribution in [0.4, 0.5) is 10.1 Å². The fraction of sp³-hybridized carbons (Fsp3) is 0.560. The van der Waals surface area contributed by atoms with Gasteiger partial charge in [-0.1, -0.05) is 0 Å². The van der Waals surface area contributed by atoms with E-state index >= 15 is 0 Å². The first-order valence-electron chi connectivity index (χ1n) is 12.2. The summed E-state index contributed by atoms with van der Waals surface area (Å²) < 4.78 is 15.0. The van der Waals surface area contributed by atoms with Gasteiger partial charge in [-0.25, -0.2) is 4.39 Å². The Kier molecular flexibility index (Phi) is 7.59. The number of ketones is 1. The summed E-state index contributed by atoms with van der Waals surface area (Å²) in [5.74, 6) is -1.32. The molecule has 9 nitrogen and oxygen atoms in total. The largest absolute Gasteiger partial charge is 0.369 e. The van der Waals surface area contributed by atoms with Crippen molar-refractivity contribution < 1.29 is 28.4 Å². The highest BCUT2D eigenvalue weighted by atomic mass is 19.1. The predicted octanol–water partition coefficient (Wildman–Crippen LogP) is 1.40. The van der Waals surface area contributed by atoms with Gasteiger partial charge in [0.15, 0.2) is 6.29 Å². The van der Waals surface area contributed by atoms with Crippen LogP contribution in [0.3, 0.4) is 0 Å². The van der Waals surface area contributed by atoms with Gasteiger partial charge in [-0.2, -0.15) is 0 Å². The first-order chi connectivity index (χ1) is 16.8. The van der Waals surface area contributed by atoms with E-state index in [9.17, 15) is 28.4 Å². The Labute approximate surface area is 203 Å². The van der Waals surface area contributed by atoms with Crippen LogP contribution in [0.5, 0.6) is 0 Å². The highest BCUT2D eigenvalue weighted by Crippen LogP contribution is 2.30. The molecular formula is C25H31FN4O5. The lowest BCUT2D eigenvalue weighted by Crippen LogP contribution is -2.53. The Morgan fingerprint density at radius 3 is 2.40 bits per heavy atom. The number of likely N-dealkylation sites (tertiary alicyclic amines) is 1. The van der Waals surface area contributed by atoms with E-state index in [0.29, 0.717) is 43.9 Å². The average molecular weight is 487 g/mol. The maximum absolute atomic E-state index is 15.0. The first-order valence-corrected chi connectivity index (χ1v) is 12.2. The van der Waals surface area contributed by atoms with Gasteiger partial charge in [0, 0.05) is 64.6 Å². The summed E-state index contributed by atoms with van der Waals surface area (Å²) in [5.41, 5.74) is 0.214. The molecule has 3 aliphatic heterocycles. The maximum atomic E-state index is 15.0. The molecule has 1 aromatic carbocycles. The van der Waals surface area contributed by atoms with Crippen LogP contribution in [0.25, 0.3) is 0 Å². The van der Waals surface area contributed by atoms with Gasteiger partial charge in [0.05, 0.1) is 11.3 Å². The molecule has 188 valence electrons. The molecule has 0 bridgehead atoms. The van der Waals surface area contributed by atoms with Crippen molar-refractivity contribution in [3.8, 4) is 0 Å². The van der Waals surface area contributed by atoms with Crippen LogP contribution < -0.4 is 10.2 Å². The van der Waals surface area contributed by atoms with Crippen LogP contribution in [0, 0.1) is 11.7 Å². The van der Waals surface area contributed by atoms with Crippen LogP contribution in [0.1, 0.15) is 59.2 Å². The van der Waals surface area contributed by atoms with E-state index in [4.69, 9.17) is 0 Å². The number of benzene rings is 1. The minimum atomic E-state index is -0.839. The zero-order valence-corrected chi connectivity index (χ0v) is 19.9. The minimum absolute atomic E-state index is 0.0312. The number of hydrogen-bond donors (Lipinski definition) is 1. The number of halogens is 1. The quantitative estimate of drug-likeness (QED) is 0.478. The van der Waals surface area contributed by atoms with Gasteiger partial charge in [-0.15, -0.1) is 0 Å². The van der Waals surface area contributed by atoms with Crippen molar-refractivity contribution in [2.45, 2.75) is 44.6 Å². The van der Waals surface area contributed by atoms with Gasteiger partial charge in [0.2, 0.25) is 11.8 Å². The third kappa shape index (κ3) is 5.58. The topological polar surface area (TPSA) is 107 Å². The Morgan fingerprint density at radius 2 is 1.77 bits per heavy atom. The monoisotopic (exact) mass is 486 g/mol. The van der Waals surface area contributed by atoms with Crippen LogP contribution in [0.15, 0.2) is 12.1 Å². The van der Waals surface area contributed by atoms with Gasteiger partial charge in [-0.05, 0) is 37.3 Å². The fourth-order valence-corrected chi connectivity index (χ4v) is 5.19. The van der Waals surface area contributed by atoms with Crippen molar-refractivity contribution in [1.29, 1.82) is 0 Å². The second-order valence-electron chi connectivity index (χ2n) is 9.66.